The van der Waals surface area contributed by atoms with E-state index in [2.05, 4.69) is 4.90 Å². The molecule has 0 N–H and O–H groups in total. The fourth-order valence-corrected chi connectivity index (χ4v) is 5.04. The first-order valence-corrected chi connectivity index (χ1v) is 11.2. The summed E-state index contributed by atoms with van der Waals surface area (Å²) in [6.07, 6.45) is 2.79. The lowest BCUT2D eigenvalue weighted by Crippen LogP contribution is -2.44. The van der Waals surface area contributed by atoms with Gasteiger partial charge in [0, 0.05) is 30.4 Å². The van der Waals surface area contributed by atoms with Crippen LogP contribution in [0.4, 0.5) is 17.1 Å². The van der Waals surface area contributed by atoms with Crippen molar-refractivity contribution in [3.8, 4) is 6.07 Å². The topological polar surface area (TPSA) is 67.7 Å². The van der Waals surface area contributed by atoms with Gasteiger partial charge in [-0.15, -0.1) is 0 Å². The van der Waals surface area contributed by atoms with Gasteiger partial charge in [0.15, 0.2) is 5.11 Å². The van der Waals surface area contributed by atoms with E-state index >= 15 is 0 Å². The summed E-state index contributed by atoms with van der Waals surface area (Å²) in [5.74, 6) is -0.00990. The summed E-state index contributed by atoms with van der Waals surface area (Å²) >= 11 is 11.9. The van der Waals surface area contributed by atoms with Crippen LogP contribution >= 0.6 is 23.8 Å². The minimum atomic E-state index is -0.888. The Hall–Kier alpha value is -2.95. The Morgan fingerprint density at radius 1 is 1.09 bits per heavy atom. The molecular weight excluding hydrogens is 444 g/mol. The van der Waals surface area contributed by atoms with Gasteiger partial charge in [0.2, 0.25) is 0 Å². The molecule has 0 radical (unpaired) electrons. The first kappa shape index (κ1) is 22.3. The molecule has 2 fully saturated rings. The van der Waals surface area contributed by atoms with Gasteiger partial charge in [-0.05, 0) is 81.4 Å². The van der Waals surface area contributed by atoms with Gasteiger partial charge in [-0.2, -0.15) is 5.26 Å². The van der Waals surface area contributed by atoms with E-state index < -0.39 is 5.54 Å². The van der Waals surface area contributed by atoms with Crippen LogP contribution in [-0.4, -0.2) is 35.9 Å². The second-order valence-corrected chi connectivity index (χ2v) is 9.34. The lowest BCUT2D eigenvalue weighted by Gasteiger charge is -2.33. The van der Waals surface area contributed by atoms with E-state index in [0.717, 1.165) is 43.6 Å². The van der Waals surface area contributed by atoms with Crippen LogP contribution in [0, 0.1) is 17.2 Å². The van der Waals surface area contributed by atoms with Crippen LogP contribution in [0.15, 0.2) is 42.5 Å². The first-order valence-electron chi connectivity index (χ1n) is 10.5. The summed E-state index contributed by atoms with van der Waals surface area (Å²) in [4.78, 5) is 29.9. The van der Waals surface area contributed by atoms with Gasteiger partial charge in [-0.3, -0.25) is 9.69 Å². The second-order valence-electron chi connectivity index (χ2n) is 8.57. The molecule has 4 rings (SSSR count). The summed E-state index contributed by atoms with van der Waals surface area (Å²) < 4.78 is 0. The third-order valence-electron chi connectivity index (χ3n) is 6.20. The maximum absolute atomic E-state index is 13.3. The number of rotatable bonds is 4. The Kier molecular flexibility index (Phi) is 5.93. The Morgan fingerprint density at radius 3 is 2.25 bits per heavy atom. The molecule has 1 amide bonds. The molecule has 6 nitrogen and oxygen atoms in total. The number of carbonyl (C=O) groups excluding carboxylic acids is 2. The predicted molar refractivity (Wildman–Crippen MR) is 130 cm³/mol. The van der Waals surface area contributed by atoms with E-state index in [1.807, 2.05) is 49.1 Å². The number of carbonyl (C=O) groups is 2. The second kappa shape index (κ2) is 8.53. The Balaban J connectivity index is 1.60. The standard InChI is InChI=1S/C24H23ClN4O2S/c1-24(2)22(31)28(20-4-3-17(14-26)21(25)13-20)23(32)29(24)19-7-5-18(6-8-19)27-11-9-16(15-30)10-12-27/h3-8,13,15-16H,9-12H2,1-2H3. The molecule has 0 saturated carbocycles. The summed E-state index contributed by atoms with van der Waals surface area (Å²) in [5, 5.41) is 9.77. The van der Waals surface area contributed by atoms with Crippen LogP contribution in [-0.2, 0) is 9.59 Å². The van der Waals surface area contributed by atoms with Crippen molar-refractivity contribution >= 4 is 58.2 Å². The Morgan fingerprint density at radius 2 is 1.69 bits per heavy atom. The largest absolute Gasteiger partial charge is 0.371 e. The molecule has 32 heavy (non-hydrogen) atoms. The van der Waals surface area contributed by atoms with Crippen LogP contribution in [0.2, 0.25) is 5.02 Å². The molecule has 2 aromatic rings. The van der Waals surface area contributed by atoms with Gasteiger partial charge in [0.05, 0.1) is 16.3 Å². The van der Waals surface area contributed by atoms with Crippen LogP contribution in [0.5, 0.6) is 0 Å². The Labute approximate surface area is 198 Å². The molecule has 2 aliphatic rings. The van der Waals surface area contributed by atoms with Crippen molar-refractivity contribution in [1.29, 1.82) is 5.26 Å². The molecule has 0 atom stereocenters. The van der Waals surface area contributed by atoms with Gasteiger partial charge in [-0.25, -0.2) is 0 Å². The molecule has 164 valence electrons. The van der Waals surface area contributed by atoms with Crippen molar-refractivity contribution in [2.45, 2.75) is 32.2 Å². The van der Waals surface area contributed by atoms with Crippen LogP contribution in [0.25, 0.3) is 0 Å². The number of amides is 1. The highest BCUT2D eigenvalue weighted by Crippen LogP contribution is 2.38. The van der Waals surface area contributed by atoms with Crippen LogP contribution in [0.3, 0.4) is 0 Å². The molecule has 0 aromatic heterocycles. The molecule has 2 saturated heterocycles. The number of hydrogen-bond acceptors (Lipinski definition) is 5. The monoisotopic (exact) mass is 466 g/mol. The van der Waals surface area contributed by atoms with E-state index in [0.29, 0.717) is 16.4 Å². The van der Waals surface area contributed by atoms with E-state index in [1.165, 1.54) is 4.90 Å². The zero-order chi connectivity index (χ0) is 23.0. The van der Waals surface area contributed by atoms with Gasteiger partial charge in [0.25, 0.3) is 5.91 Å². The maximum atomic E-state index is 13.3. The summed E-state index contributed by atoms with van der Waals surface area (Å²) in [6, 6.07) is 14.9. The molecular formula is C24H23ClN4O2S. The molecule has 2 aliphatic heterocycles. The Bertz CT molecular complexity index is 1120. The summed E-state index contributed by atoms with van der Waals surface area (Å²) in [5.41, 5.74) is 1.90. The molecule has 2 aromatic carbocycles. The van der Waals surface area contributed by atoms with Crippen molar-refractivity contribution < 1.29 is 9.59 Å². The lowest BCUT2D eigenvalue weighted by atomic mass is 9.98. The van der Waals surface area contributed by atoms with Gasteiger partial charge < -0.3 is 14.6 Å². The third kappa shape index (κ3) is 3.74. The molecule has 2 heterocycles. The van der Waals surface area contributed by atoms with Crippen LogP contribution in [0.1, 0.15) is 32.3 Å². The number of thiocarbonyl (C=S) groups is 1. The lowest BCUT2D eigenvalue weighted by molar-refractivity contribution is -0.120. The number of anilines is 3. The zero-order valence-electron chi connectivity index (χ0n) is 17.9. The van der Waals surface area contributed by atoms with E-state index in [1.54, 1.807) is 18.2 Å². The number of hydrogen-bond donors (Lipinski definition) is 0. The SMILES string of the molecule is CC1(C)C(=O)N(c2ccc(C#N)c(Cl)c2)C(=S)N1c1ccc(N2CCC(C=O)CC2)cc1. The van der Waals surface area contributed by atoms with Gasteiger partial charge in [-0.1, -0.05) is 11.6 Å². The highest BCUT2D eigenvalue weighted by molar-refractivity contribution is 7.81. The van der Waals surface area contributed by atoms with E-state index in [-0.39, 0.29) is 16.8 Å². The maximum Gasteiger partial charge on any atom is 0.259 e. The molecule has 0 spiro atoms. The molecule has 0 unspecified atom stereocenters. The number of halogens is 1. The predicted octanol–water partition coefficient (Wildman–Crippen LogP) is 4.54. The van der Waals surface area contributed by atoms with E-state index in [4.69, 9.17) is 29.1 Å². The van der Waals surface area contributed by atoms with Gasteiger partial charge >= 0.3 is 0 Å². The normalized spacial score (nSPS) is 18.8. The summed E-state index contributed by atoms with van der Waals surface area (Å²) in [6.45, 7) is 5.38. The van der Waals surface area contributed by atoms with E-state index in [9.17, 15) is 9.59 Å². The van der Waals surface area contributed by atoms with Crippen molar-refractivity contribution in [3.05, 3.63) is 53.1 Å². The van der Waals surface area contributed by atoms with Crippen molar-refractivity contribution in [3.63, 3.8) is 0 Å². The molecule has 0 bridgehead atoms. The average Bonchev–Trinajstić information content (AvgIpc) is 2.97. The number of nitriles is 1. The fraction of sp³-hybridized carbons (Fsp3) is 0.333. The highest BCUT2D eigenvalue weighted by Gasteiger charge is 2.50. The number of benzene rings is 2. The number of aldehydes is 1. The average molecular weight is 467 g/mol. The van der Waals surface area contributed by atoms with Crippen LogP contribution < -0.4 is 14.7 Å². The zero-order valence-corrected chi connectivity index (χ0v) is 19.5. The number of nitrogens with zero attached hydrogens (tertiary/aromatic N) is 4. The van der Waals surface area contributed by atoms with Crippen molar-refractivity contribution in [2.75, 3.05) is 27.8 Å². The first-order chi connectivity index (χ1) is 15.3. The minimum absolute atomic E-state index is 0.154. The summed E-state index contributed by atoms with van der Waals surface area (Å²) in [7, 11) is 0. The van der Waals surface area contributed by atoms with Crippen molar-refractivity contribution in [2.24, 2.45) is 5.92 Å². The quantitative estimate of drug-likeness (QED) is 0.486. The molecule has 0 aliphatic carbocycles. The smallest absolute Gasteiger partial charge is 0.259 e. The minimum Gasteiger partial charge on any atom is -0.371 e. The third-order valence-corrected chi connectivity index (χ3v) is 6.88. The molecule has 8 heteroatoms. The van der Waals surface area contributed by atoms with Gasteiger partial charge in [0.1, 0.15) is 17.9 Å². The fourth-order valence-electron chi connectivity index (χ4n) is 4.30. The van der Waals surface area contributed by atoms with Crippen molar-refractivity contribution in [1.82, 2.24) is 0 Å². The number of piperidine rings is 1. The highest BCUT2D eigenvalue weighted by atomic mass is 35.5.